The second-order valence-corrected chi connectivity index (χ2v) is 2.17. The molecule has 0 saturated heterocycles. The van der Waals surface area contributed by atoms with Crippen LogP contribution in [0.5, 0.6) is 0 Å². The maximum Gasteiger partial charge on any atom is 0.143 e. The third-order valence-electron chi connectivity index (χ3n) is 1.40. The van der Waals surface area contributed by atoms with E-state index in [1.165, 1.54) is 0 Å². The third kappa shape index (κ3) is 1.88. The van der Waals surface area contributed by atoms with E-state index in [9.17, 15) is 4.79 Å². The van der Waals surface area contributed by atoms with E-state index in [0.29, 0.717) is 0 Å². The lowest BCUT2D eigenvalue weighted by molar-refractivity contribution is -0.109. The van der Waals surface area contributed by atoms with Gasteiger partial charge in [0.25, 0.3) is 0 Å². The van der Waals surface area contributed by atoms with E-state index in [1.807, 2.05) is 6.92 Å². The van der Waals surface area contributed by atoms with Gasteiger partial charge in [-0.15, -0.1) is 0 Å². The van der Waals surface area contributed by atoms with Crippen LogP contribution in [0.15, 0.2) is 12.5 Å². The smallest absolute Gasteiger partial charge is 0.143 e. The lowest BCUT2D eigenvalue weighted by Crippen LogP contribution is -2.22. The number of imidazole rings is 1. The number of carbonyl (C=O) groups excluding carboxylic acids is 1. The molecule has 1 aromatic heterocycles. The predicted octanol–water partition coefficient (Wildman–Crippen LogP) is 0.259. The van der Waals surface area contributed by atoms with Gasteiger partial charge in [-0.1, -0.05) is 6.92 Å². The van der Waals surface area contributed by atoms with Crippen LogP contribution >= 0.6 is 0 Å². The molecule has 1 rings (SSSR count). The van der Waals surface area contributed by atoms with Gasteiger partial charge in [0.15, 0.2) is 0 Å². The summed E-state index contributed by atoms with van der Waals surface area (Å²) in [7, 11) is 0. The summed E-state index contributed by atoms with van der Waals surface area (Å²) >= 11 is 0. The number of rotatable bonds is 4. The maximum atomic E-state index is 10.5. The molecule has 11 heavy (non-hydrogen) atoms. The van der Waals surface area contributed by atoms with Crippen LogP contribution in [0.4, 0.5) is 0 Å². The Morgan fingerprint density at radius 3 is 3.18 bits per heavy atom. The summed E-state index contributed by atoms with van der Waals surface area (Å²) in [5.74, 6) is 0. The predicted molar refractivity (Wildman–Crippen MR) is 41.1 cm³/mol. The molecule has 0 bridgehead atoms. The first-order chi connectivity index (χ1) is 5.38. The zero-order valence-electron chi connectivity index (χ0n) is 6.37. The van der Waals surface area contributed by atoms with E-state index in [4.69, 9.17) is 0 Å². The minimum Gasteiger partial charge on any atom is -0.351 e. The number of hydrogen-bond acceptors (Lipinski definition) is 3. The van der Waals surface area contributed by atoms with Crippen molar-refractivity contribution >= 4 is 6.29 Å². The number of aldehydes is 1. The Bertz CT molecular complexity index is 207. The Morgan fingerprint density at radius 2 is 2.73 bits per heavy atom. The van der Waals surface area contributed by atoms with Gasteiger partial charge in [0, 0.05) is 6.20 Å². The topological polar surface area (TPSA) is 57.8 Å². The van der Waals surface area contributed by atoms with Crippen LogP contribution < -0.4 is 5.32 Å². The molecule has 0 amide bonds. The second kappa shape index (κ2) is 3.88. The van der Waals surface area contributed by atoms with Gasteiger partial charge < -0.3 is 15.1 Å². The Kier molecular flexibility index (Phi) is 2.80. The zero-order valence-corrected chi connectivity index (χ0v) is 6.37. The van der Waals surface area contributed by atoms with Gasteiger partial charge in [-0.25, -0.2) is 4.98 Å². The van der Waals surface area contributed by atoms with E-state index in [1.54, 1.807) is 12.5 Å². The minimum atomic E-state index is -0.272. The maximum absolute atomic E-state index is 10.5. The number of hydrogen-bond donors (Lipinski definition) is 2. The first kappa shape index (κ1) is 7.94. The Balaban J connectivity index is 2.63. The van der Waals surface area contributed by atoms with Crippen molar-refractivity contribution in [1.82, 2.24) is 15.3 Å². The van der Waals surface area contributed by atoms with Crippen LogP contribution in [0.1, 0.15) is 18.7 Å². The van der Waals surface area contributed by atoms with Crippen LogP contribution in [0.25, 0.3) is 0 Å². The summed E-state index contributed by atoms with van der Waals surface area (Å²) in [6.45, 7) is 2.71. The van der Waals surface area contributed by atoms with Gasteiger partial charge >= 0.3 is 0 Å². The third-order valence-corrected chi connectivity index (χ3v) is 1.40. The Labute approximate surface area is 65.0 Å². The van der Waals surface area contributed by atoms with E-state index in [0.717, 1.165) is 18.5 Å². The van der Waals surface area contributed by atoms with Gasteiger partial charge in [-0.2, -0.15) is 0 Å². The van der Waals surface area contributed by atoms with E-state index in [2.05, 4.69) is 15.3 Å². The highest BCUT2D eigenvalue weighted by atomic mass is 16.1. The molecular weight excluding hydrogens is 142 g/mol. The number of H-pyrrole nitrogens is 1. The average Bonchev–Trinajstić information content (AvgIpc) is 2.52. The van der Waals surface area contributed by atoms with Crippen LogP contribution in [0.2, 0.25) is 0 Å². The fourth-order valence-electron chi connectivity index (χ4n) is 0.884. The van der Waals surface area contributed by atoms with Crippen LogP contribution in [-0.4, -0.2) is 22.8 Å². The van der Waals surface area contributed by atoms with Gasteiger partial charge in [-0.3, -0.25) is 0 Å². The highest BCUT2D eigenvalue weighted by Gasteiger charge is 2.08. The second-order valence-electron chi connectivity index (χ2n) is 2.17. The van der Waals surface area contributed by atoms with Crippen molar-refractivity contribution in [3.63, 3.8) is 0 Å². The fraction of sp³-hybridized carbons (Fsp3) is 0.429. The van der Waals surface area contributed by atoms with Crippen molar-refractivity contribution in [3.8, 4) is 0 Å². The monoisotopic (exact) mass is 153 g/mol. The minimum absolute atomic E-state index is 0.272. The Morgan fingerprint density at radius 1 is 1.91 bits per heavy atom. The molecule has 0 radical (unpaired) electrons. The molecular formula is C7H11N3O. The molecule has 60 valence electrons. The lowest BCUT2D eigenvalue weighted by Gasteiger charge is -2.06. The van der Waals surface area contributed by atoms with Gasteiger partial charge in [0.1, 0.15) is 12.3 Å². The van der Waals surface area contributed by atoms with Crippen LogP contribution in [-0.2, 0) is 4.79 Å². The largest absolute Gasteiger partial charge is 0.351 e. The highest BCUT2D eigenvalue weighted by Crippen LogP contribution is 2.03. The van der Waals surface area contributed by atoms with E-state index < -0.39 is 0 Å². The molecule has 1 aromatic rings. The molecule has 0 saturated carbocycles. The molecule has 2 N–H and O–H groups in total. The number of aromatic nitrogens is 2. The molecule has 4 nitrogen and oxygen atoms in total. The summed E-state index contributed by atoms with van der Waals surface area (Å²) < 4.78 is 0. The molecule has 1 heterocycles. The molecule has 0 aliphatic carbocycles. The van der Waals surface area contributed by atoms with Crippen molar-refractivity contribution in [2.45, 2.75) is 13.0 Å². The number of nitrogens with zero attached hydrogens (tertiary/aromatic N) is 1. The zero-order chi connectivity index (χ0) is 8.10. The van der Waals surface area contributed by atoms with Crippen LogP contribution in [0, 0.1) is 0 Å². The number of nitrogens with one attached hydrogen (secondary N) is 2. The first-order valence-electron chi connectivity index (χ1n) is 3.55. The molecule has 0 spiro atoms. The van der Waals surface area contributed by atoms with Crippen molar-refractivity contribution in [3.05, 3.63) is 18.2 Å². The SMILES string of the molecule is CCNC(C=O)c1c[nH]cn1. The number of aromatic amines is 1. The molecule has 1 atom stereocenters. The quantitative estimate of drug-likeness (QED) is 0.610. The number of carbonyl (C=O) groups is 1. The lowest BCUT2D eigenvalue weighted by atomic mass is 10.2. The molecule has 1 unspecified atom stereocenters. The molecule has 0 aliphatic heterocycles. The summed E-state index contributed by atoms with van der Waals surface area (Å²) in [6.07, 6.45) is 4.12. The van der Waals surface area contributed by atoms with Gasteiger partial charge in [0.05, 0.1) is 12.0 Å². The molecule has 0 aliphatic rings. The van der Waals surface area contributed by atoms with Crippen molar-refractivity contribution < 1.29 is 4.79 Å². The summed E-state index contributed by atoms with van der Waals surface area (Å²) in [5, 5.41) is 2.98. The van der Waals surface area contributed by atoms with E-state index in [-0.39, 0.29) is 6.04 Å². The summed E-state index contributed by atoms with van der Waals surface area (Å²) in [5.41, 5.74) is 0.738. The number of likely N-dealkylation sites (N-methyl/N-ethyl adjacent to an activating group) is 1. The summed E-state index contributed by atoms with van der Waals surface area (Å²) in [4.78, 5) is 17.2. The van der Waals surface area contributed by atoms with Gasteiger partial charge in [-0.05, 0) is 6.54 Å². The summed E-state index contributed by atoms with van der Waals surface area (Å²) in [6, 6.07) is -0.272. The van der Waals surface area contributed by atoms with E-state index >= 15 is 0 Å². The van der Waals surface area contributed by atoms with Crippen LogP contribution in [0.3, 0.4) is 0 Å². The van der Waals surface area contributed by atoms with Crippen molar-refractivity contribution in [2.75, 3.05) is 6.54 Å². The highest BCUT2D eigenvalue weighted by molar-refractivity contribution is 5.59. The van der Waals surface area contributed by atoms with Crippen molar-refractivity contribution in [1.29, 1.82) is 0 Å². The normalized spacial score (nSPS) is 12.8. The fourth-order valence-corrected chi connectivity index (χ4v) is 0.884. The first-order valence-corrected chi connectivity index (χ1v) is 3.55. The Hall–Kier alpha value is -1.16. The van der Waals surface area contributed by atoms with Crippen molar-refractivity contribution in [2.24, 2.45) is 0 Å². The average molecular weight is 153 g/mol. The molecule has 0 aromatic carbocycles. The van der Waals surface area contributed by atoms with Gasteiger partial charge in [0.2, 0.25) is 0 Å². The molecule has 4 heteroatoms. The standard InChI is InChI=1S/C7H11N3O/c1-2-9-7(4-11)6-3-8-5-10-6/h3-5,7,9H,2H2,1H3,(H,8,10). The molecule has 0 fully saturated rings.